The van der Waals surface area contributed by atoms with Crippen LogP contribution in [0.1, 0.15) is 56.2 Å². The van der Waals surface area contributed by atoms with Crippen LogP contribution in [0.5, 0.6) is 5.88 Å². The maximum absolute atomic E-state index is 13.7. The van der Waals surface area contributed by atoms with Crippen molar-refractivity contribution in [2.45, 2.75) is 81.4 Å². The van der Waals surface area contributed by atoms with Crippen molar-refractivity contribution in [2.24, 2.45) is 0 Å². The molecular weight excluding hydrogens is 599 g/mol. The maximum Gasteiger partial charge on any atom is 0.433 e. The highest BCUT2D eigenvalue weighted by Crippen LogP contribution is 2.39. The lowest BCUT2D eigenvalue weighted by Gasteiger charge is -2.53. The van der Waals surface area contributed by atoms with Crippen molar-refractivity contribution < 1.29 is 23.0 Å². The molecule has 14 heteroatoms. The number of hydrogen-bond donors (Lipinski definition) is 2. The average molecular weight is 636 g/mol. The molecule has 2 aliphatic heterocycles. The number of alkyl halides is 3. The fourth-order valence-corrected chi connectivity index (χ4v) is 7.36. The number of rotatable bonds is 9. The minimum atomic E-state index is -4.58. The van der Waals surface area contributed by atoms with Crippen LogP contribution in [0.15, 0.2) is 43.1 Å². The summed E-state index contributed by atoms with van der Waals surface area (Å²) in [4.78, 5) is 20.0. The molecule has 0 bridgehead atoms. The van der Waals surface area contributed by atoms with E-state index in [-0.39, 0.29) is 24.6 Å². The zero-order valence-corrected chi connectivity index (χ0v) is 25.3. The van der Waals surface area contributed by atoms with Crippen LogP contribution in [-0.4, -0.2) is 89.1 Å². The van der Waals surface area contributed by atoms with Gasteiger partial charge in [-0.1, -0.05) is 0 Å². The third-order valence-corrected chi connectivity index (χ3v) is 9.79. The molecule has 3 aliphatic rings. The number of nitrogens with zero attached hydrogens (tertiary/aromatic N) is 8. The van der Waals surface area contributed by atoms with E-state index in [1.807, 2.05) is 28.0 Å². The number of nitrogens with one attached hydrogen (secondary N) is 1. The third-order valence-electron chi connectivity index (χ3n) is 9.79. The molecule has 7 rings (SSSR count). The molecule has 4 aromatic rings. The van der Waals surface area contributed by atoms with Gasteiger partial charge in [-0.25, -0.2) is 15.0 Å². The van der Waals surface area contributed by atoms with Crippen molar-refractivity contribution >= 4 is 11.0 Å². The monoisotopic (exact) mass is 635 g/mol. The van der Waals surface area contributed by atoms with Crippen molar-refractivity contribution in [3.05, 3.63) is 54.4 Å². The molecule has 3 fully saturated rings. The molecule has 1 aliphatic carbocycles. The molecule has 11 nitrogen and oxygen atoms in total. The third kappa shape index (κ3) is 5.94. The lowest BCUT2D eigenvalue weighted by molar-refractivity contribution is -0.141. The standard InChI is InChI=1S/C32H36F3N9O2/c33-32(34,35)27-12-21(15-42-11-1-2-24(42)17-45)13-28(41-27)46-25-5-3-23(4-6-25)43-18-31(19-43,8-9-36)44-16-22(14-40-44)29-26-7-10-37-30(26)39-20-38-29/h7,10,12-14,16,20,23-25,45H,1-6,8,11,15,17-19H2,(H,37,38,39)/t23?,24-,25?/m0/s1. The number of halogens is 3. The largest absolute Gasteiger partial charge is 0.474 e. The van der Waals surface area contributed by atoms with Crippen LogP contribution in [0, 0.1) is 11.3 Å². The molecule has 2 saturated heterocycles. The zero-order chi connectivity index (χ0) is 31.9. The molecule has 4 aromatic heterocycles. The van der Waals surface area contributed by atoms with E-state index < -0.39 is 17.4 Å². The van der Waals surface area contributed by atoms with Crippen LogP contribution >= 0.6 is 0 Å². The Morgan fingerprint density at radius 2 is 1.96 bits per heavy atom. The van der Waals surface area contributed by atoms with E-state index in [2.05, 4.69) is 36.0 Å². The number of aliphatic hydroxyl groups is 1. The molecule has 0 spiro atoms. The maximum atomic E-state index is 13.7. The molecule has 0 unspecified atom stereocenters. The van der Waals surface area contributed by atoms with E-state index in [4.69, 9.17) is 4.74 Å². The van der Waals surface area contributed by atoms with E-state index in [9.17, 15) is 23.5 Å². The Balaban J connectivity index is 0.984. The van der Waals surface area contributed by atoms with Gasteiger partial charge in [0.25, 0.3) is 0 Å². The lowest BCUT2D eigenvalue weighted by Crippen LogP contribution is -2.65. The summed E-state index contributed by atoms with van der Waals surface area (Å²) in [5.74, 6) is 0.0000890. The Labute approximate surface area is 264 Å². The van der Waals surface area contributed by atoms with Gasteiger partial charge in [0.15, 0.2) is 0 Å². The second-order valence-corrected chi connectivity index (χ2v) is 12.8. The molecule has 242 valence electrons. The molecular formula is C32H36F3N9O2. The first-order valence-corrected chi connectivity index (χ1v) is 15.8. The van der Waals surface area contributed by atoms with E-state index in [1.165, 1.54) is 6.33 Å². The van der Waals surface area contributed by atoms with Crippen LogP contribution < -0.4 is 4.74 Å². The van der Waals surface area contributed by atoms with Crippen molar-refractivity contribution in [3.63, 3.8) is 0 Å². The predicted octanol–water partition coefficient (Wildman–Crippen LogP) is 4.51. The second-order valence-electron chi connectivity index (χ2n) is 12.8. The van der Waals surface area contributed by atoms with E-state index in [0.717, 1.165) is 60.6 Å². The second kappa shape index (κ2) is 12.3. The van der Waals surface area contributed by atoms with Crippen molar-refractivity contribution in [3.8, 4) is 23.2 Å². The fourth-order valence-electron chi connectivity index (χ4n) is 7.36. The summed E-state index contributed by atoms with van der Waals surface area (Å²) in [6.45, 7) is 2.41. The van der Waals surface area contributed by atoms with Crippen LogP contribution in [0.25, 0.3) is 22.3 Å². The fraction of sp³-hybridized carbons (Fsp3) is 0.531. The van der Waals surface area contributed by atoms with Crippen molar-refractivity contribution in [1.29, 1.82) is 5.26 Å². The minimum Gasteiger partial charge on any atom is -0.474 e. The number of aromatic nitrogens is 6. The Bertz CT molecular complexity index is 1720. The highest BCUT2D eigenvalue weighted by Gasteiger charge is 2.48. The van der Waals surface area contributed by atoms with E-state index in [0.29, 0.717) is 50.5 Å². The van der Waals surface area contributed by atoms with Gasteiger partial charge in [-0.15, -0.1) is 0 Å². The molecule has 6 heterocycles. The number of likely N-dealkylation sites (tertiary alicyclic amines) is 2. The number of aromatic amines is 1. The minimum absolute atomic E-state index is 0.0000890. The Kier molecular flexibility index (Phi) is 8.16. The van der Waals surface area contributed by atoms with Crippen LogP contribution in [0.3, 0.4) is 0 Å². The Hall–Kier alpha value is -4.06. The van der Waals surface area contributed by atoms with Gasteiger partial charge in [0, 0.05) is 61.1 Å². The summed E-state index contributed by atoms with van der Waals surface area (Å²) in [5, 5.41) is 24.9. The van der Waals surface area contributed by atoms with Gasteiger partial charge in [0.1, 0.15) is 29.3 Å². The summed E-state index contributed by atoms with van der Waals surface area (Å²) < 4.78 is 49.2. The Morgan fingerprint density at radius 3 is 2.72 bits per heavy atom. The van der Waals surface area contributed by atoms with Crippen LogP contribution in [-0.2, 0) is 18.3 Å². The number of nitriles is 1. The van der Waals surface area contributed by atoms with Crippen molar-refractivity contribution in [2.75, 3.05) is 26.2 Å². The van der Waals surface area contributed by atoms with Gasteiger partial charge < -0.3 is 14.8 Å². The highest BCUT2D eigenvalue weighted by molar-refractivity contribution is 5.90. The quantitative estimate of drug-likeness (QED) is 0.273. The molecule has 2 N–H and O–H groups in total. The first-order chi connectivity index (χ1) is 22.2. The molecule has 1 atom stereocenters. The highest BCUT2D eigenvalue weighted by atomic mass is 19.4. The van der Waals surface area contributed by atoms with Gasteiger partial charge >= 0.3 is 6.18 Å². The molecule has 46 heavy (non-hydrogen) atoms. The first kappa shape index (κ1) is 30.6. The topological polar surface area (TPSA) is 132 Å². The predicted molar refractivity (Wildman–Crippen MR) is 161 cm³/mol. The lowest BCUT2D eigenvalue weighted by atomic mass is 9.82. The van der Waals surface area contributed by atoms with E-state index in [1.54, 1.807) is 12.3 Å². The molecule has 0 radical (unpaired) electrons. The van der Waals surface area contributed by atoms with Gasteiger partial charge in [-0.2, -0.15) is 23.5 Å². The number of aliphatic hydroxyl groups excluding tert-OH is 1. The number of H-pyrrole nitrogens is 1. The number of pyridine rings is 1. The molecule has 0 aromatic carbocycles. The average Bonchev–Trinajstić information content (AvgIpc) is 3.80. The summed E-state index contributed by atoms with van der Waals surface area (Å²) >= 11 is 0. The summed E-state index contributed by atoms with van der Waals surface area (Å²) in [5.41, 5.74) is 1.49. The first-order valence-electron chi connectivity index (χ1n) is 15.8. The van der Waals surface area contributed by atoms with Gasteiger partial charge in [-0.3, -0.25) is 14.5 Å². The van der Waals surface area contributed by atoms with Crippen molar-refractivity contribution in [1.82, 2.24) is 39.5 Å². The van der Waals surface area contributed by atoms with Gasteiger partial charge in [0.05, 0.1) is 31.0 Å². The van der Waals surface area contributed by atoms with E-state index >= 15 is 0 Å². The zero-order valence-electron chi connectivity index (χ0n) is 25.3. The van der Waals surface area contributed by atoms with Gasteiger partial charge in [-0.05, 0) is 62.8 Å². The summed E-state index contributed by atoms with van der Waals surface area (Å²) in [6, 6.07) is 7.23. The van der Waals surface area contributed by atoms with Crippen LogP contribution in [0.4, 0.5) is 13.2 Å². The normalized spacial score (nSPS) is 23.8. The SMILES string of the molecule is N#CCC1(n2cc(-c3ncnc4[nH]ccc34)cn2)CN(C2CCC(Oc3cc(CN4CCC[C@H]4CO)cc(C(F)(F)F)n3)CC2)C1. The number of hydrogen-bond acceptors (Lipinski definition) is 9. The Morgan fingerprint density at radius 1 is 1.13 bits per heavy atom. The molecule has 0 amide bonds. The summed E-state index contributed by atoms with van der Waals surface area (Å²) in [6.07, 6.45) is 7.40. The van der Waals surface area contributed by atoms with Crippen LogP contribution in [0.2, 0.25) is 0 Å². The summed E-state index contributed by atoms with van der Waals surface area (Å²) in [7, 11) is 0. The number of fused-ring (bicyclic) bond motifs is 1. The van der Waals surface area contributed by atoms with Gasteiger partial charge in [0.2, 0.25) is 5.88 Å². The number of ether oxygens (including phenoxy) is 1. The smallest absolute Gasteiger partial charge is 0.433 e. The molecule has 1 saturated carbocycles.